The van der Waals surface area contributed by atoms with Crippen molar-refractivity contribution in [2.45, 2.75) is 19.4 Å². The maximum atomic E-state index is 11.1. The fourth-order valence-electron chi connectivity index (χ4n) is 1.90. The molecule has 0 atom stereocenters. The number of aromatic carboxylic acids is 2. The number of nitrogens with zero attached hydrogens (tertiary/aromatic N) is 3. The molecule has 0 bridgehead atoms. The predicted molar refractivity (Wildman–Crippen MR) is 68.7 cm³/mol. The SMILES string of the molecule is O=C(O)c1nnn(CCCc2ccccc2)c1C(=O)O. The van der Waals surface area contributed by atoms with Crippen LogP contribution in [0.5, 0.6) is 0 Å². The Kier molecular flexibility index (Phi) is 4.09. The van der Waals surface area contributed by atoms with Gasteiger partial charge in [-0.2, -0.15) is 0 Å². The van der Waals surface area contributed by atoms with E-state index in [4.69, 9.17) is 10.2 Å². The second-order valence-electron chi connectivity index (χ2n) is 4.21. The zero-order valence-electron chi connectivity index (χ0n) is 10.6. The van der Waals surface area contributed by atoms with E-state index < -0.39 is 17.6 Å². The Morgan fingerprint density at radius 3 is 2.40 bits per heavy atom. The normalized spacial score (nSPS) is 10.4. The summed E-state index contributed by atoms with van der Waals surface area (Å²) in [6.45, 7) is 0.302. The Hall–Kier alpha value is -2.70. The topological polar surface area (TPSA) is 105 Å². The van der Waals surface area contributed by atoms with E-state index in [9.17, 15) is 9.59 Å². The van der Waals surface area contributed by atoms with Crippen LogP contribution in [0.3, 0.4) is 0 Å². The lowest BCUT2D eigenvalue weighted by Gasteiger charge is -2.04. The second kappa shape index (κ2) is 5.96. The van der Waals surface area contributed by atoms with Crippen molar-refractivity contribution in [2.24, 2.45) is 0 Å². The number of aromatic nitrogens is 3. The molecule has 0 radical (unpaired) electrons. The lowest BCUT2D eigenvalue weighted by molar-refractivity contribution is 0.0640. The first-order chi connectivity index (χ1) is 9.59. The molecule has 1 aromatic carbocycles. The molecule has 0 spiro atoms. The molecule has 0 saturated heterocycles. The average molecular weight is 275 g/mol. The van der Waals surface area contributed by atoms with Crippen LogP contribution < -0.4 is 0 Å². The van der Waals surface area contributed by atoms with E-state index in [-0.39, 0.29) is 5.69 Å². The molecule has 0 aliphatic heterocycles. The number of aryl methyl sites for hydroxylation is 2. The number of carboxylic acid groups (broad SMARTS) is 2. The lowest BCUT2D eigenvalue weighted by atomic mass is 10.1. The van der Waals surface area contributed by atoms with Crippen LogP contribution in [0.1, 0.15) is 33.0 Å². The maximum Gasteiger partial charge on any atom is 0.359 e. The average Bonchev–Trinajstić information content (AvgIpc) is 2.84. The highest BCUT2D eigenvalue weighted by Crippen LogP contribution is 2.09. The molecular formula is C13H13N3O4. The van der Waals surface area contributed by atoms with Gasteiger partial charge < -0.3 is 10.2 Å². The summed E-state index contributed by atoms with van der Waals surface area (Å²) in [5.74, 6) is -2.73. The van der Waals surface area contributed by atoms with Crippen LogP contribution in [0.4, 0.5) is 0 Å². The van der Waals surface area contributed by atoms with E-state index in [0.29, 0.717) is 13.0 Å². The highest BCUT2D eigenvalue weighted by molar-refractivity contribution is 5.98. The Morgan fingerprint density at radius 1 is 1.10 bits per heavy atom. The van der Waals surface area contributed by atoms with Gasteiger partial charge in [0.2, 0.25) is 5.69 Å². The quantitative estimate of drug-likeness (QED) is 0.823. The van der Waals surface area contributed by atoms with Crippen LogP contribution in [0.25, 0.3) is 0 Å². The smallest absolute Gasteiger partial charge is 0.359 e. The summed E-state index contributed by atoms with van der Waals surface area (Å²) in [5.41, 5.74) is 0.214. The number of benzene rings is 1. The van der Waals surface area contributed by atoms with E-state index in [2.05, 4.69) is 10.3 Å². The monoisotopic (exact) mass is 275 g/mol. The molecule has 2 N–H and O–H groups in total. The molecular weight excluding hydrogens is 262 g/mol. The molecule has 0 aliphatic carbocycles. The van der Waals surface area contributed by atoms with Crippen LogP contribution in [-0.4, -0.2) is 37.1 Å². The van der Waals surface area contributed by atoms with Crippen LogP contribution in [0.2, 0.25) is 0 Å². The Bertz CT molecular complexity index is 622. The van der Waals surface area contributed by atoms with Gasteiger partial charge in [0.05, 0.1) is 0 Å². The molecule has 7 heteroatoms. The molecule has 0 amide bonds. The van der Waals surface area contributed by atoms with Crippen LogP contribution in [0.15, 0.2) is 30.3 Å². The number of hydrogen-bond acceptors (Lipinski definition) is 4. The lowest BCUT2D eigenvalue weighted by Crippen LogP contribution is -2.14. The molecule has 0 fully saturated rings. The van der Waals surface area contributed by atoms with Crippen molar-refractivity contribution >= 4 is 11.9 Å². The molecule has 2 rings (SSSR count). The highest BCUT2D eigenvalue weighted by Gasteiger charge is 2.24. The summed E-state index contributed by atoms with van der Waals surface area (Å²) in [5, 5.41) is 24.9. The van der Waals surface area contributed by atoms with Gasteiger partial charge in [-0.05, 0) is 18.4 Å². The van der Waals surface area contributed by atoms with Crippen LogP contribution >= 0.6 is 0 Å². The van der Waals surface area contributed by atoms with E-state index in [1.54, 1.807) is 0 Å². The fourth-order valence-corrected chi connectivity index (χ4v) is 1.90. The van der Waals surface area contributed by atoms with Crippen molar-refractivity contribution in [2.75, 3.05) is 0 Å². The van der Waals surface area contributed by atoms with Gasteiger partial charge in [0.25, 0.3) is 0 Å². The van der Waals surface area contributed by atoms with Crippen molar-refractivity contribution in [3.05, 3.63) is 47.3 Å². The minimum atomic E-state index is -1.39. The Labute approximate surface area is 114 Å². The molecule has 0 saturated carbocycles. The summed E-state index contributed by atoms with van der Waals surface area (Å²) in [4.78, 5) is 21.9. The first kappa shape index (κ1) is 13.7. The predicted octanol–water partition coefficient (Wildman–Crippen LogP) is 1.31. The zero-order chi connectivity index (χ0) is 14.5. The van der Waals surface area contributed by atoms with Crippen molar-refractivity contribution in [3.8, 4) is 0 Å². The summed E-state index contributed by atoms with van der Waals surface area (Å²) in [7, 11) is 0. The third kappa shape index (κ3) is 3.00. The highest BCUT2D eigenvalue weighted by atomic mass is 16.4. The molecule has 1 heterocycles. The molecule has 104 valence electrons. The van der Waals surface area contributed by atoms with E-state index in [1.807, 2.05) is 30.3 Å². The number of hydrogen-bond donors (Lipinski definition) is 2. The van der Waals surface area contributed by atoms with Crippen molar-refractivity contribution in [3.63, 3.8) is 0 Å². The number of carboxylic acids is 2. The zero-order valence-corrected chi connectivity index (χ0v) is 10.6. The molecule has 0 aliphatic rings. The van der Waals surface area contributed by atoms with Crippen LogP contribution in [0, 0.1) is 0 Å². The van der Waals surface area contributed by atoms with Crippen molar-refractivity contribution in [1.29, 1.82) is 0 Å². The third-order valence-electron chi connectivity index (χ3n) is 2.82. The summed E-state index contributed by atoms with van der Waals surface area (Å²) >= 11 is 0. The van der Waals surface area contributed by atoms with E-state index in [0.717, 1.165) is 16.7 Å². The largest absolute Gasteiger partial charge is 0.476 e. The first-order valence-corrected chi connectivity index (χ1v) is 6.03. The molecule has 0 unspecified atom stereocenters. The van der Waals surface area contributed by atoms with Gasteiger partial charge in [-0.25, -0.2) is 14.3 Å². The molecule has 7 nitrogen and oxygen atoms in total. The number of carbonyl (C=O) groups is 2. The molecule has 1 aromatic heterocycles. The summed E-state index contributed by atoms with van der Waals surface area (Å²) in [6, 6.07) is 9.72. The minimum Gasteiger partial charge on any atom is -0.476 e. The first-order valence-electron chi connectivity index (χ1n) is 6.03. The Morgan fingerprint density at radius 2 is 1.80 bits per heavy atom. The summed E-state index contributed by atoms with van der Waals surface area (Å²) in [6.07, 6.45) is 1.40. The Balaban J connectivity index is 2.06. The van der Waals surface area contributed by atoms with E-state index in [1.165, 1.54) is 0 Å². The van der Waals surface area contributed by atoms with Crippen molar-refractivity contribution in [1.82, 2.24) is 15.0 Å². The maximum absolute atomic E-state index is 11.1. The summed E-state index contributed by atoms with van der Waals surface area (Å²) < 4.78 is 1.12. The minimum absolute atomic E-state index is 0.302. The van der Waals surface area contributed by atoms with E-state index >= 15 is 0 Å². The van der Waals surface area contributed by atoms with Gasteiger partial charge >= 0.3 is 11.9 Å². The fraction of sp³-hybridized carbons (Fsp3) is 0.231. The van der Waals surface area contributed by atoms with Gasteiger partial charge in [0.15, 0.2) is 5.69 Å². The van der Waals surface area contributed by atoms with Gasteiger partial charge in [-0.1, -0.05) is 35.5 Å². The van der Waals surface area contributed by atoms with Gasteiger partial charge in [0.1, 0.15) is 0 Å². The van der Waals surface area contributed by atoms with Crippen molar-refractivity contribution < 1.29 is 19.8 Å². The van der Waals surface area contributed by atoms with Gasteiger partial charge in [-0.15, -0.1) is 5.10 Å². The number of rotatable bonds is 6. The van der Waals surface area contributed by atoms with Gasteiger partial charge in [-0.3, -0.25) is 0 Å². The molecule has 2 aromatic rings. The third-order valence-corrected chi connectivity index (χ3v) is 2.82. The standard InChI is InChI=1S/C13H13N3O4/c17-12(18)10-11(13(19)20)16(15-14-10)8-4-7-9-5-2-1-3-6-9/h1-3,5-6H,4,7-8H2,(H,17,18)(H,19,20). The van der Waals surface area contributed by atoms with Crippen LogP contribution in [-0.2, 0) is 13.0 Å². The second-order valence-corrected chi connectivity index (χ2v) is 4.21. The van der Waals surface area contributed by atoms with Gasteiger partial charge in [0, 0.05) is 6.54 Å². The molecule has 20 heavy (non-hydrogen) atoms.